The summed E-state index contributed by atoms with van der Waals surface area (Å²) in [5, 5.41) is 20.5. The summed E-state index contributed by atoms with van der Waals surface area (Å²) in [5.41, 5.74) is 4.11. The number of imide groups is 2. The van der Waals surface area contributed by atoms with Crippen molar-refractivity contribution in [3.05, 3.63) is 132 Å². The molecule has 68 heavy (non-hydrogen) atoms. The van der Waals surface area contributed by atoms with Crippen molar-refractivity contribution in [3.8, 4) is 28.8 Å². The van der Waals surface area contributed by atoms with Gasteiger partial charge in [-0.25, -0.2) is 14.8 Å². The summed E-state index contributed by atoms with van der Waals surface area (Å²) in [4.78, 5) is 88.2. The van der Waals surface area contributed by atoms with Gasteiger partial charge in [0.05, 0.1) is 29.9 Å². The molecule has 3 aromatic carbocycles. The van der Waals surface area contributed by atoms with E-state index in [0.717, 1.165) is 58.8 Å². The van der Waals surface area contributed by atoms with Crippen molar-refractivity contribution in [3.63, 3.8) is 0 Å². The minimum atomic E-state index is -1.12. The normalized spacial score (nSPS) is 17.6. The fraction of sp³-hybridized carbons (Fsp3) is 0.300. The highest BCUT2D eigenvalue weighted by Gasteiger charge is 2.46. The van der Waals surface area contributed by atoms with E-state index in [1.54, 1.807) is 24.5 Å². The first-order chi connectivity index (χ1) is 33.1. The van der Waals surface area contributed by atoms with Gasteiger partial charge in [-0.2, -0.15) is 5.26 Å². The molecule has 2 fully saturated rings. The van der Waals surface area contributed by atoms with Gasteiger partial charge in [0.25, 0.3) is 17.7 Å². The van der Waals surface area contributed by atoms with Crippen LogP contribution in [0.3, 0.4) is 0 Å². The minimum absolute atomic E-state index is 0.000952. The lowest BCUT2D eigenvalue weighted by Crippen LogP contribution is -2.54. The molecule has 1 atom stereocenters. The summed E-state index contributed by atoms with van der Waals surface area (Å²) in [7, 11) is 0. The average molecular weight is 920 g/mol. The maximum absolute atomic E-state index is 13.9. The molecule has 0 radical (unpaired) electrons. The van der Waals surface area contributed by atoms with Crippen LogP contribution in [0.1, 0.15) is 70.4 Å². The monoisotopic (exact) mass is 919 g/mol. The summed E-state index contributed by atoms with van der Waals surface area (Å²) >= 11 is 0. The van der Waals surface area contributed by atoms with Gasteiger partial charge >= 0.3 is 6.03 Å². The van der Waals surface area contributed by atoms with Crippen molar-refractivity contribution in [1.82, 2.24) is 30.8 Å². The van der Waals surface area contributed by atoms with E-state index in [0.29, 0.717) is 18.0 Å². The van der Waals surface area contributed by atoms with Crippen molar-refractivity contribution < 1.29 is 43.0 Å². The van der Waals surface area contributed by atoms with Gasteiger partial charge in [-0.3, -0.25) is 39.1 Å². The molecule has 4 N–H and O–H groups in total. The Bertz CT molecular complexity index is 2670. The molecule has 1 aliphatic carbocycles. The summed E-state index contributed by atoms with van der Waals surface area (Å²) in [6.45, 7) is 0.783. The molecule has 0 bridgehead atoms. The molecule has 2 aliphatic heterocycles. The van der Waals surface area contributed by atoms with Crippen LogP contribution < -0.4 is 35.6 Å². The Morgan fingerprint density at radius 3 is 2.29 bits per heavy atom. The number of nitriles is 1. The van der Waals surface area contributed by atoms with Crippen LogP contribution >= 0.6 is 0 Å². The number of aromatic nitrogens is 2. The highest BCUT2D eigenvalue weighted by atomic mass is 16.5. The molecule has 18 heteroatoms. The Labute approximate surface area is 392 Å². The quantitative estimate of drug-likeness (QED) is 0.0659. The van der Waals surface area contributed by atoms with Crippen LogP contribution in [0.4, 0.5) is 16.3 Å². The Morgan fingerprint density at radius 2 is 1.57 bits per heavy atom. The maximum Gasteiger partial charge on any atom is 0.322 e. The van der Waals surface area contributed by atoms with Gasteiger partial charge in [-0.15, -0.1) is 0 Å². The number of ether oxygens (including phenoxy) is 3. The van der Waals surface area contributed by atoms with Gasteiger partial charge in [0.2, 0.25) is 17.7 Å². The van der Waals surface area contributed by atoms with Crippen molar-refractivity contribution in [2.45, 2.75) is 63.2 Å². The zero-order valence-electron chi connectivity index (χ0n) is 37.0. The molecule has 18 nitrogen and oxygen atoms in total. The minimum Gasteiger partial charge on any atom is -0.483 e. The second-order valence-corrected chi connectivity index (χ2v) is 16.4. The molecule has 348 valence electrons. The van der Waals surface area contributed by atoms with Crippen LogP contribution in [0.2, 0.25) is 0 Å². The number of benzene rings is 3. The number of piperidine rings is 1. The molecule has 8 rings (SSSR count). The van der Waals surface area contributed by atoms with E-state index in [2.05, 4.69) is 37.3 Å². The van der Waals surface area contributed by atoms with Gasteiger partial charge < -0.3 is 30.2 Å². The molecule has 5 aromatic rings. The average Bonchev–Trinajstić information content (AvgIpc) is 3.62. The first kappa shape index (κ1) is 46.4. The summed E-state index contributed by atoms with van der Waals surface area (Å²) < 4.78 is 17.0. The molecule has 1 unspecified atom stereocenters. The van der Waals surface area contributed by atoms with Gasteiger partial charge in [0, 0.05) is 61.3 Å². The SMILES string of the molecule is N#Cc1ccc(NC2CCC(N(C(=O)NCc3ccccc3)c3ccc(-c4ccc(OCCOCCNC(=O)COc5cccc6c5C(=O)N(C5CCC(=O)NC5=O)C6=O)nc4)cc3)CC2)nc1. The lowest BCUT2D eigenvalue weighted by molar-refractivity contribution is -0.136. The molecule has 4 heterocycles. The number of nitrogens with zero attached hydrogens (tertiary/aromatic N) is 5. The first-order valence-electron chi connectivity index (χ1n) is 22.4. The third kappa shape index (κ3) is 11.3. The number of carbonyl (C=O) groups excluding carboxylic acids is 6. The number of hydrogen-bond acceptors (Lipinski definition) is 13. The van der Waals surface area contributed by atoms with E-state index in [1.165, 1.54) is 18.2 Å². The van der Waals surface area contributed by atoms with Crippen LogP contribution in [0.15, 0.2) is 109 Å². The number of nitrogens with one attached hydrogen (secondary N) is 4. The Morgan fingerprint density at radius 1 is 0.779 bits per heavy atom. The van der Waals surface area contributed by atoms with Crippen molar-refractivity contribution >= 4 is 47.1 Å². The van der Waals surface area contributed by atoms with Gasteiger partial charge in [0.1, 0.15) is 30.3 Å². The Balaban J connectivity index is 0.768. The summed E-state index contributed by atoms with van der Waals surface area (Å²) in [6, 6.07) is 30.3. The summed E-state index contributed by atoms with van der Waals surface area (Å²) in [6.07, 6.45) is 6.58. The van der Waals surface area contributed by atoms with Crippen LogP contribution in [-0.4, -0.2) is 102 Å². The fourth-order valence-electron chi connectivity index (χ4n) is 8.40. The lowest BCUT2D eigenvalue weighted by atomic mass is 9.89. The van der Waals surface area contributed by atoms with Crippen molar-refractivity contribution in [2.75, 3.05) is 43.2 Å². The number of fused-ring (bicyclic) bond motifs is 1. The molecule has 3 aliphatic rings. The topological polar surface area (TPSA) is 234 Å². The highest BCUT2D eigenvalue weighted by molar-refractivity contribution is 6.24. The smallest absolute Gasteiger partial charge is 0.322 e. The molecule has 2 aromatic heterocycles. The highest BCUT2D eigenvalue weighted by Crippen LogP contribution is 2.34. The van der Waals surface area contributed by atoms with Crippen LogP contribution in [0.25, 0.3) is 11.1 Å². The van der Waals surface area contributed by atoms with E-state index in [4.69, 9.17) is 19.5 Å². The standard InChI is InChI=1S/C50H49N9O9/c51-27-33-9-20-42(53-29-33)56-36-13-17-38(18-14-36)58(50(65)55-28-32-5-2-1-3-6-32)37-15-10-34(11-16-37)35-12-22-45(54-30-35)67-26-25-66-24-23-52-44(61)31-68-41-8-4-7-39-46(41)49(64)59(48(39)63)40-19-21-43(60)57-47(40)62/h1-12,15-16,20,22,29-30,36,38,40H,13-14,17-19,21,23-26,28,31H2,(H,52,61)(H,53,56)(H,55,65)(H,57,60,62). The second-order valence-electron chi connectivity index (χ2n) is 16.4. The van der Waals surface area contributed by atoms with Gasteiger partial charge in [-0.05, 0) is 85.7 Å². The van der Waals surface area contributed by atoms with E-state index in [1.807, 2.05) is 71.6 Å². The number of anilines is 2. The Kier molecular flexibility index (Phi) is 14.9. The predicted octanol–water partition coefficient (Wildman–Crippen LogP) is 5.15. The lowest BCUT2D eigenvalue weighted by Gasteiger charge is -2.37. The Hall–Kier alpha value is -8.17. The predicted molar refractivity (Wildman–Crippen MR) is 247 cm³/mol. The first-order valence-corrected chi connectivity index (χ1v) is 22.4. The van der Waals surface area contributed by atoms with E-state index in [-0.39, 0.29) is 74.2 Å². The zero-order valence-corrected chi connectivity index (χ0v) is 37.0. The van der Waals surface area contributed by atoms with Crippen LogP contribution in [-0.2, 0) is 25.7 Å². The maximum atomic E-state index is 13.9. The molecular weight excluding hydrogens is 871 g/mol. The molecular formula is C50H49N9O9. The number of amides is 7. The van der Waals surface area contributed by atoms with Gasteiger partial charge in [0.15, 0.2) is 6.61 Å². The van der Waals surface area contributed by atoms with Crippen LogP contribution in [0.5, 0.6) is 11.6 Å². The summed E-state index contributed by atoms with van der Waals surface area (Å²) in [5.74, 6) is -1.90. The van der Waals surface area contributed by atoms with E-state index in [9.17, 15) is 28.8 Å². The molecule has 7 amide bonds. The molecule has 0 spiro atoms. The number of carbonyl (C=O) groups is 6. The van der Waals surface area contributed by atoms with Gasteiger partial charge in [-0.1, -0.05) is 48.5 Å². The fourth-order valence-corrected chi connectivity index (χ4v) is 8.40. The third-order valence-electron chi connectivity index (χ3n) is 11.9. The third-order valence-corrected chi connectivity index (χ3v) is 11.9. The molecule has 1 saturated heterocycles. The second kappa shape index (κ2) is 21.9. The largest absolute Gasteiger partial charge is 0.483 e. The number of hydrogen-bond donors (Lipinski definition) is 4. The molecule has 1 saturated carbocycles. The number of rotatable bonds is 18. The van der Waals surface area contributed by atoms with Crippen molar-refractivity contribution in [1.29, 1.82) is 5.26 Å². The van der Waals surface area contributed by atoms with Crippen molar-refractivity contribution in [2.24, 2.45) is 0 Å². The zero-order chi connectivity index (χ0) is 47.4. The van der Waals surface area contributed by atoms with E-state index < -0.39 is 42.2 Å². The number of urea groups is 1. The van der Waals surface area contributed by atoms with Crippen LogP contribution in [0, 0.1) is 11.3 Å². The number of pyridine rings is 2. The van der Waals surface area contributed by atoms with E-state index >= 15 is 0 Å².